The maximum Gasteiger partial charge on any atom is 0.304 e. The molecule has 0 saturated heterocycles. The van der Waals surface area contributed by atoms with Crippen molar-refractivity contribution in [3.05, 3.63) is 22.4 Å². The molecule has 0 fully saturated rings. The minimum Gasteiger partial charge on any atom is -0.481 e. The van der Waals surface area contributed by atoms with E-state index in [2.05, 4.69) is 12.6 Å². The predicted molar refractivity (Wildman–Crippen MR) is 63.1 cm³/mol. The molecule has 0 bridgehead atoms. The van der Waals surface area contributed by atoms with Gasteiger partial charge in [0.2, 0.25) is 0 Å². The van der Waals surface area contributed by atoms with Gasteiger partial charge in [-0.1, -0.05) is 6.07 Å². The van der Waals surface area contributed by atoms with Gasteiger partial charge < -0.3 is 5.11 Å². The van der Waals surface area contributed by atoms with Gasteiger partial charge in [0.15, 0.2) is 6.29 Å². The monoisotopic (exact) mass is 254 g/mol. The van der Waals surface area contributed by atoms with E-state index in [-0.39, 0.29) is 18.8 Å². The molecule has 3 nitrogen and oxygen atoms in total. The van der Waals surface area contributed by atoms with Gasteiger partial charge in [0, 0.05) is 5.75 Å². The van der Waals surface area contributed by atoms with E-state index in [0.717, 1.165) is 11.2 Å². The summed E-state index contributed by atoms with van der Waals surface area (Å²) in [7, 11) is 0. The highest BCUT2D eigenvalue weighted by atomic mass is 35.5. The number of aldehydes is 1. The highest BCUT2D eigenvalue weighted by Gasteiger charge is 1.88. The molecule has 6 heteroatoms. The van der Waals surface area contributed by atoms with Gasteiger partial charge in [-0.3, -0.25) is 9.59 Å². The van der Waals surface area contributed by atoms with E-state index in [1.54, 1.807) is 6.07 Å². The van der Waals surface area contributed by atoms with E-state index < -0.39 is 5.97 Å². The number of hydrogen-bond acceptors (Lipinski definition) is 4. The van der Waals surface area contributed by atoms with Gasteiger partial charge in [-0.15, -0.1) is 23.7 Å². The van der Waals surface area contributed by atoms with Crippen molar-refractivity contribution in [3.8, 4) is 0 Å². The second-order valence-corrected chi connectivity index (χ2v) is 3.43. The largest absolute Gasteiger partial charge is 0.481 e. The lowest BCUT2D eigenvalue weighted by Gasteiger charge is -1.79. The molecule has 14 heavy (non-hydrogen) atoms. The van der Waals surface area contributed by atoms with Crippen molar-refractivity contribution in [1.29, 1.82) is 0 Å². The maximum atomic E-state index is 9.88. The van der Waals surface area contributed by atoms with E-state index in [1.165, 1.54) is 11.3 Å². The van der Waals surface area contributed by atoms with Crippen molar-refractivity contribution in [3.63, 3.8) is 0 Å². The van der Waals surface area contributed by atoms with E-state index in [0.29, 0.717) is 5.75 Å². The number of carbonyl (C=O) groups is 2. The maximum absolute atomic E-state index is 9.88. The summed E-state index contributed by atoms with van der Waals surface area (Å²) in [4.78, 5) is 20.2. The molecule has 0 atom stereocenters. The predicted octanol–water partition coefficient (Wildman–Crippen LogP) is 2.37. The van der Waals surface area contributed by atoms with Crippen LogP contribution < -0.4 is 0 Å². The zero-order valence-corrected chi connectivity index (χ0v) is 9.78. The van der Waals surface area contributed by atoms with Gasteiger partial charge >= 0.3 is 5.97 Å². The normalized spacial score (nSPS) is 7.79. The van der Waals surface area contributed by atoms with Crippen molar-refractivity contribution < 1.29 is 14.7 Å². The van der Waals surface area contributed by atoms with Gasteiger partial charge in [-0.05, 0) is 11.4 Å². The second kappa shape index (κ2) is 10.6. The molecule has 1 aromatic rings. The van der Waals surface area contributed by atoms with Crippen LogP contribution in [0.2, 0.25) is 0 Å². The summed E-state index contributed by atoms with van der Waals surface area (Å²) < 4.78 is 0. The van der Waals surface area contributed by atoms with Crippen LogP contribution in [0.15, 0.2) is 17.5 Å². The molecule has 0 aliphatic carbocycles. The molecule has 0 spiro atoms. The molecule has 1 heterocycles. The number of hydrogen-bond donors (Lipinski definition) is 2. The number of halogens is 1. The van der Waals surface area contributed by atoms with E-state index in [9.17, 15) is 9.59 Å². The Morgan fingerprint density at radius 3 is 2.43 bits per heavy atom. The third kappa shape index (κ3) is 9.57. The average Bonchev–Trinajstić information content (AvgIpc) is 2.56. The Bertz CT molecular complexity index is 249. The van der Waals surface area contributed by atoms with Gasteiger partial charge in [0.25, 0.3) is 0 Å². The van der Waals surface area contributed by atoms with Crippen LogP contribution in [0, 0.1) is 0 Å². The zero-order chi connectivity index (χ0) is 10.1. The number of aliphatic carboxylic acids is 1. The van der Waals surface area contributed by atoms with Crippen LogP contribution in [0.3, 0.4) is 0 Å². The Morgan fingerprint density at radius 2 is 2.29 bits per heavy atom. The molecule has 1 aromatic heterocycles. The minimum absolute atomic E-state index is 0. The van der Waals surface area contributed by atoms with E-state index >= 15 is 0 Å². The first kappa shape index (κ1) is 15.9. The molecule has 0 aromatic carbocycles. The topological polar surface area (TPSA) is 54.4 Å². The summed E-state index contributed by atoms with van der Waals surface area (Å²) in [5.74, 6) is -0.361. The van der Waals surface area contributed by atoms with Crippen molar-refractivity contribution in [2.24, 2.45) is 0 Å². The van der Waals surface area contributed by atoms with Gasteiger partial charge in [-0.25, -0.2) is 0 Å². The van der Waals surface area contributed by atoms with Crippen LogP contribution in [0.25, 0.3) is 0 Å². The van der Waals surface area contributed by atoms with Crippen LogP contribution in [0.4, 0.5) is 0 Å². The fraction of sp³-hybridized carbons (Fsp3) is 0.250. The highest BCUT2D eigenvalue weighted by Crippen LogP contribution is 2.03. The third-order valence-corrected chi connectivity index (χ3v) is 2.01. The fourth-order valence-corrected chi connectivity index (χ4v) is 1.17. The Morgan fingerprint density at radius 1 is 1.64 bits per heavy atom. The number of carbonyl (C=O) groups excluding carboxylic acids is 1. The summed E-state index contributed by atoms with van der Waals surface area (Å²) in [5, 5.41) is 9.74. The average molecular weight is 255 g/mol. The lowest BCUT2D eigenvalue weighted by atomic mass is 10.5. The van der Waals surface area contributed by atoms with Crippen molar-refractivity contribution >= 4 is 48.6 Å². The number of rotatable bonds is 3. The smallest absolute Gasteiger partial charge is 0.304 e. The standard InChI is InChI=1S/C5H4OS.C3H6O2S.ClH/c6-4-5-2-1-3-7-5;4-3(5)1-2-6;/h1-4H;6H,1-2H2,(H,4,5);1H. The Kier molecular flexibility index (Phi) is 12.0. The molecular formula is C8H11ClO3S2. The number of thiophene rings is 1. The molecule has 0 aliphatic heterocycles. The fourth-order valence-electron chi connectivity index (χ4n) is 0.454. The Balaban J connectivity index is 0. The van der Waals surface area contributed by atoms with Crippen LogP contribution >= 0.6 is 36.4 Å². The zero-order valence-electron chi connectivity index (χ0n) is 7.25. The Hall–Kier alpha value is -0.520. The van der Waals surface area contributed by atoms with Gasteiger partial charge in [-0.2, -0.15) is 12.6 Å². The SMILES string of the molecule is Cl.O=C(O)CCS.O=Cc1cccs1. The van der Waals surface area contributed by atoms with Crippen LogP contribution in [-0.2, 0) is 4.79 Å². The molecule has 0 radical (unpaired) electrons. The first-order valence-electron chi connectivity index (χ1n) is 3.52. The summed E-state index contributed by atoms with van der Waals surface area (Å²) in [6.45, 7) is 0. The summed E-state index contributed by atoms with van der Waals surface area (Å²) in [5.41, 5.74) is 0. The third-order valence-electron chi connectivity index (χ3n) is 0.985. The molecule has 1 rings (SSSR count). The minimum atomic E-state index is -0.787. The van der Waals surface area contributed by atoms with Crippen LogP contribution in [0.1, 0.15) is 16.1 Å². The molecule has 0 aliphatic rings. The second-order valence-electron chi connectivity index (χ2n) is 2.00. The highest BCUT2D eigenvalue weighted by molar-refractivity contribution is 7.80. The molecule has 0 amide bonds. The van der Waals surface area contributed by atoms with Crippen molar-refractivity contribution in [1.82, 2.24) is 0 Å². The van der Waals surface area contributed by atoms with E-state index in [1.807, 2.05) is 11.4 Å². The van der Waals surface area contributed by atoms with Gasteiger partial charge in [0.1, 0.15) is 0 Å². The number of carboxylic acids is 1. The number of carboxylic acid groups (broad SMARTS) is 1. The molecule has 0 unspecified atom stereocenters. The summed E-state index contributed by atoms with van der Waals surface area (Å²) in [6, 6.07) is 3.64. The molecular weight excluding hydrogens is 244 g/mol. The number of thiol groups is 1. The van der Waals surface area contributed by atoms with Crippen LogP contribution in [-0.4, -0.2) is 23.1 Å². The first-order valence-corrected chi connectivity index (χ1v) is 5.03. The first-order chi connectivity index (χ1) is 6.20. The quantitative estimate of drug-likeness (QED) is 0.643. The lowest BCUT2D eigenvalue weighted by Crippen LogP contribution is -1.93. The van der Waals surface area contributed by atoms with Crippen molar-refractivity contribution in [2.75, 3.05) is 5.75 Å². The van der Waals surface area contributed by atoms with Gasteiger partial charge in [0.05, 0.1) is 11.3 Å². The summed E-state index contributed by atoms with van der Waals surface area (Å²) in [6.07, 6.45) is 1.01. The summed E-state index contributed by atoms with van der Waals surface area (Å²) >= 11 is 5.13. The molecule has 80 valence electrons. The van der Waals surface area contributed by atoms with E-state index in [4.69, 9.17) is 5.11 Å². The van der Waals surface area contributed by atoms with Crippen molar-refractivity contribution in [2.45, 2.75) is 6.42 Å². The Labute approximate surface area is 98.0 Å². The molecule has 0 saturated carbocycles. The van der Waals surface area contributed by atoms with Crippen LogP contribution in [0.5, 0.6) is 0 Å². The lowest BCUT2D eigenvalue weighted by molar-refractivity contribution is -0.136. The molecule has 1 N–H and O–H groups in total.